The van der Waals surface area contributed by atoms with Crippen LogP contribution in [-0.2, 0) is 4.79 Å². The molecule has 0 aromatic rings. The van der Waals surface area contributed by atoms with E-state index in [1.807, 2.05) is 6.92 Å². The third-order valence-electron chi connectivity index (χ3n) is 3.79. The molecule has 2 aliphatic heterocycles. The molecule has 0 amide bonds. The number of hydrogen-bond donors (Lipinski definition) is 1. The fraction of sp³-hybridized carbons (Fsp3) is 0.750. The van der Waals surface area contributed by atoms with Gasteiger partial charge in [-0.25, -0.2) is 0 Å². The lowest BCUT2D eigenvalue weighted by molar-refractivity contribution is -0.144. The molecule has 0 spiro atoms. The first-order valence-corrected chi connectivity index (χ1v) is 5.82. The van der Waals surface area contributed by atoms with Crippen LogP contribution in [0.2, 0.25) is 0 Å². The van der Waals surface area contributed by atoms with Crippen molar-refractivity contribution in [1.29, 1.82) is 0 Å². The third-order valence-corrected chi connectivity index (χ3v) is 3.79. The molecule has 0 radical (unpaired) electrons. The molecule has 15 heavy (non-hydrogen) atoms. The van der Waals surface area contributed by atoms with Crippen molar-refractivity contribution in [3.8, 4) is 0 Å². The number of allylic oxidation sites excluding steroid dienone is 1. The van der Waals surface area contributed by atoms with Gasteiger partial charge in [-0.2, -0.15) is 0 Å². The first-order chi connectivity index (χ1) is 7.22. The van der Waals surface area contributed by atoms with Crippen molar-refractivity contribution < 1.29 is 9.90 Å². The highest BCUT2D eigenvalue weighted by atomic mass is 16.4. The lowest BCUT2D eigenvalue weighted by atomic mass is 9.91. The molecule has 3 nitrogen and oxygen atoms in total. The molecule has 3 heteroatoms. The molecule has 0 aromatic carbocycles. The molecule has 2 saturated heterocycles. The molecule has 0 aromatic heterocycles. The standard InChI is InChI=1S/C12H19NO2/c1-2-3-6-13-10-4-5-11(13)8-9(7-10)12(14)15/h2-3,9-11H,4-8H2,1H3,(H,14,15)/b3-2+. The Morgan fingerprint density at radius 1 is 1.40 bits per heavy atom. The van der Waals surface area contributed by atoms with E-state index >= 15 is 0 Å². The molecule has 84 valence electrons. The molecule has 2 fully saturated rings. The van der Waals surface area contributed by atoms with Crippen LogP contribution in [0, 0.1) is 5.92 Å². The van der Waals surface area contributed by atoms with Gasteiger partial charge in [-0.15, -0.1) is 0 Å². The van der Waals surface area contributed by atoms with Crippen LogP contribution < -0.4 is 0 Å². The zero-order valence-electron chi connectivity index (χ0n) is 9.22. The second-order valence-corrected chi connectivity index (χ2v) is 4.66. The Kier molecular flexibility index (Phi) is 3.10. The van der Waals surface area contributed by atoms with E-state index in [-0.39, 0.29) is 5.92 Å². The minimum Gasteiger partial charge on any atom is -0.481 e. The SMILES string of the molecule is C/C=C/CN1C2CCC1CC(C(=O)O)C2. The van der Waals surface area contributed by atoms with Crippen molar-refractivity contribution in [2.75, 3.05) is 6.54 Å². The number of piperidine rings is 1. The number of aliphatic carboxylic acids is 1. The molecular formula is C12H19NO2. The van der Waals surface area contributed by atoms with Gasteiger partial charge in [-0.05, 0) is 32.6 Å². The predicted molar refractivity (Wildman–Crippen MR) is 58.7 cm³/mol. The van der Waals surface area contributed by atoms with Gasteiger partial charge < -0.3 is 5.11 Å². The minimum absolute atomic E-state index is 0.0932. The van der Waals surface area contributed by atoms with Crippen molar-refractivity contribution >= 4 is 5.97 Å². The van der Waals surface area contributed by atoms with E-state index in [1.165, 1.54) is 12.8 Å². The number of carbonyl (C=O) groups is 1. The van der Waals surface area contributed by atoms with Crippen molar-refractivity contribution in [3.05, 3.63) is 12.2 Å². The number of carboxylic acid groups (broad SMARTS) is 1. The van der Waals surface area contributed by atoms with E-state index in [9.17, 15) is 4.79 Å². The Bertz CT molecular complexity index is 261. The zero-order valence-corrected chi connectivity index (χ0v) is 9.22. The Hall–Kier alpha value is -0.830. The number of rotatable bonds is 3. The lowest BCUT2D eigenvalue weighted by Crippen LogP contribution is -2.44. The van der Waals surface area contributed by atoms with Crippen LogP contribution in [0.4, 0.5) is 0 Å². The van der Waals surface area contributed by atoms with Crippen LogP contribution in [0.25, 0.3) is 0 Å². The topological polar surface area (TPSA) is 40.5 Å². The molecular weight excluding hydrogens is 190 g/mol. The quantitative estimate of drug-likeness (QED) is 0.722. The summed E-state index contributed by atoms with van der Waals surface area (Å²) >= 11 is 0. The molecule has 0 aliphatic carbocycles. The van der Waals surface area contributed by atoms with E-state index in [2.05, 4.69) is 17.1 Å². The second-order valence-electron chi connectivity index (χ2n) is 4.66. The smallest absolute Gasteiger partial charge is 0.306 e. The largest absolute Gasteiger partial charge is 0.481 e. The van der Waals surface area contributed by atoms with E-state index in [0.29, 0.717) is 12.1 Å². The average Bonchev–Trinajstić information content (AvgIpc) is 2.47. The van der Waals surface area contributed by atoms with Gasteiger partial charge in [-0.1, -0.05) is 12.2 Å². The van der Waals surface area contributed by atoms with E-state index < -0.39 is 5.97 Å². The highest BCUT2D eigenvalue weighted by molar-refractivity contribution is 5.70. The number of carboxylic acids is 1. The summed E-state index contributed by atoms with van der Waals surface area (Å²) in [5, 5.41) is 9.03. The van der Waals surface area contributed by atoms with Gasteiger partial charge in [0.15, 0.2) is 0 Å². The van der Waals surface area contributed by atoms with Crippen LogP contribution in [0.15, 0.2) is 12.2 Å². The first-order valence-electron chi connectivity index (χ1n) is 5.82. The Morgan fingerprint density at radius 2 is 2.00 bits per heavy atom. The summed E-state index contributed by atoms with van der Waals surface area (Å²) in [5.74, 6) is -0.693. The van der Waals surface area contributed by atoms with Crippen molar-refractivity contribution in [2.24, 2.45) is 5.92 Å². The maximum Gasteiger partial charge on any atom is 0.306 e. The number of hydrogen-bond acceptors (Lipinski definition) is 2. The van der Waals surface area contributed by atoms with Crippen molar-refractivity contribution in [1.82, 2.24) is 4.90 Å². The first kappa shape index (κ1) is 10.7. The highest BCUT2D eigenvalue weighted by Gasteiger charge is 2.42. The van der Waals surface area contributed by atoms with Gasteiger partial charge in [0.1, 0.15) is 0 Å². The average molecular weight is 209 g/mol. The Balaban J connectivity index is 2.00. The maximum atomic E-state index is 11.0. The summed E-state index contributed by atoms with van der Waals surface area (Å²) < 4.78 is 0. The normalized spacial score (nSPS) is 36.2. The number of nitrogens with zero attached hydrogens (tertiary/aromatic N) is 1. The van der Waals surface area contributed by atoms with Crippen molar-refractivity contribution in [2.45, 2.75) is 44.7 Å². The summed E-state index contributed by atoms with van der Waals surface area (Å²) in [6, 6.07) is 1.03. The number of fused-ring (bicyclic) bond motifs is 2. The van der Waals surface area contributed by atoms with Crippen LogP contribution in [0.1, 0.15) is 32.6 Å². The maximum absolute atomic E-state index is 11.0. The predicted octanol–water partition coefficient (Wildman–Crippen LogP) is 1.89. The summed E-state index contributed by atoms with van der Waals surface area (Å²) in [4.78, 5) is 13.4. The monoisotopic (exact) mass is 209 g/mol. The minimum atomic E-state index is -0.599. The van der Waals surface area contributed by atoms with E-state index in [0.717, 1.165) is 19.4 Å². The molecule has 1 N–H and O–H groups in total. The van der Waals surface area contributed by atoms with E-state index in [4.69, 9.17) is 5.11 Å². The molecule has 2 atom stereocenters. The summed E-state index contributed by atoms with van der Waals surface area (Å²) in [5.41, 5.74) is 0. The lowest BCUT2D eigenvalue weighted by Gasteiger charge is -2.36. The van der Waals surface area contributed by atoms with E-state index in [1.54, 1.807) is 0 Å². The van der Waals surface area contributed by atoms with Gasteiger partial charge in [0.25, 0.3) is 0 Å². The summed E-state index contributed by atoms with van der Waals surface area (Å²) in [7, 11) is 0. The zero-order chi connectivity index (χ0) is 10.8. The fourth-order valence-corrected chi connectivity index (χ4v) is 3.00. The van der Waals surface area contributed by atoms with Crippen LogP contribution in [0.3, 0.4) is 0 Å². The van der Waals surface area contributed by atoms with Gasteiger partial charge in [-0.3, -0.25) is 9.69 Å². The van der Waals surface area contributed by atoms with Gasteiger partial charge in [0.2, 0.25) is 0 Å². The molecule has 2 bridgehead atoms. The molecule has 2 rings (SSSR count). The third kappa shape index (κ3) is 2.07. The van der Waals surface area contributed by atoms with Gasteiger partial charge in [0.05, 0.1) is 5.92 Å². The molecule has 2 unspecified atom stereocenters. The molecule has 0 saturated carbocycles. The van der Waals surface area contributed by atoms with Crippen LogP contribution in [-0.4, -0.2) is 34.6 Å². The van der Waals surface area contributed by atoms with Crippen molar-refractivity contribution in [3.63, 3.8) is 0 Å². The van der Waals surface area contributed by atoms with Gasteiger partial charge in [0, 0.05) is 18.6 Å². The Morgan fingerprint density at radius 3 is 2.47 bits per heavy atom. The van der Waals surface area contributed by atoms with Gasteiger partial charge >= 0.3 is 5.97 Å². The van der Waals surface area contributed by atoms with Crippen LogP contribution >= 0.6 is 0 Å². The molecule has 2 heterocycles. The highest BCUT2D eigenvalue weighted by Crippen LogP contribution is 2.38. The van der Waals surface area contributed by atoms with Crippen LogP contribution in [0.5, 0.6) is 0 Å². The fourth-order valence-electron chi connectivity index (χ4n) is 3.00. The second kappa shape index (κ2) is 4.35. The summed E-state index contributed by atoms with van der Waals surface area (Å²) in [6.07, 6.45) is 8.32. The Labute approximate surface area is 90.8 Å². The molecule has 2 aliphatic rings. The summed E-state index contributed by atoms with van der Waals surface area (Å²) in [6.45, 7) is 3.03.